The summed E-state index contributed by atoms with van der Waals surface area (Å²) in [6, 6.07) is 17.6. The third kappa shape index (κ3) is 6.13. The van der Waals surface area contributed by atoms with Crippen molar-refractivity contribution in [3.63, 3.8) is 0 Å². The number of nitrogens with one attached hydrogen (secondary N) is 1. The average Bonchev–Trinajstić information content (AvgIpc) is 3.28. The lowest BCUT2D eigenvalue weighted by Gasteiger charge is -2.36. The molecule has 0 spiro atoms. The van der Waals surface area contributed by atoms with Crippen LogP contribution in [0.25, 0.3) is 0 Å². The van der Waals surface area contributed by atoms with Crippen LogP contribution in [-0.4, -0.2) is 59.6 Å². The van der Waals surface area contributed by atoms with Crippen LogP contribution in [0.3, 0.4) is 0 Å². The van der Waals surface area contributed by atoms with E-state index in [0.29, 0.717) is 42.7 Å². The van der Waals surface area contributed by atoms with Gasteiger partial charge in [-0.15, -0.1) is 11.8 Å². The van der Waals surface area contributed by atoms with Crippen LogP contribution in [0.15, 0.2) is 64.0 Å². The molecule has 1 saturated heterocycles. The van der Waals surface area contributed by atoms with Crippen LogP contribution in [0.5, 0.6) is 0 Å². The normalized spacial score (nSPS) is 13.7. The van der Waals surface area contributed by atoms with E-state index in [-0.39, 0.29) is 18.2 Å². The Labute approximate surface area is 197 Å². The van der Waals surface area contributed by atoms with E-state index in [0.717, 1.165) is 18.0 Å². The number of carbonyl (C=O) groups excluding carboxylic acids is 2. The van der Waals surface area contributed by atoms with E-state index in [2.05, 4.69) is 32.5 Å². The first kappa shape index (κ1) is 22.8. The van der Waals surface area contributed by atoms with E-state index in [1.165, 1.54) is 17.4 Å². The Morgan fingerprint density at radius 1 is 1.03 bits per heavy atom. The van der Waals surface area contributed by atoms with E-state index >= 15 is 0 Å². The number of carbonyl (C=O) groups is 2. The molecule has 1 aromatic heterocycles. The zero-order valence-corrected chi connectivity index (χ0v) is 19.4. The molecular weight excluding hydrogens is 438 g/mol. The number of benzene rings is 2. The van der Waals surface area contributed by atoms with Gasteiger partial charge in [-0.05, 0) is 24.3 Å². The molecule has 0 unspecified atom stereocenters. The highest BCUT2D eigenvalue weighted by Gasteiger charge is 2.21. The summed E-state index contributed by atoms with van der Waals surface area (Å²) >= 11 is 1.48. The summed E-state index contributed by atoms with van der Waals surface area (Å²) in [5.74, 6) is 1.49. The number of thioether (sulfide) groups is 1. The number of piperazine rings is 1. The fourth-order valence-corrected chi connectivity index (χ4v) is 4.60. The molecule has 0 bridgehead atoms. The maximum atomic E-state index is 12.7. The fraction of sp³-hybridized carbons (Fsp3) is 0.333. The Bertz CT molecular complexity index is 1080. The molecule has 2 heterocycles. The lowest BCUT2D eigenvalue weighted by atomic mass is 10.2. The van der Waals surface area contributed by atoms with Crippen molar-refractivity contribution >= 4 is 29.3 Å². The maximum absolute atomic E-state index is 12.7. The molecule has 1 aliphatic heterocycles. The molecule has 0 radical (unpaired) electrons. The molecule has 2 aromatic carbocycles. The van der Waals surface area contributed by atoms with Gasteiger partial charge in [0.05, 0.1) is 11.3 Å². The highest BCUT2D eigenvalue weighted by molar-refractivity contribution is 7.98. The first-order valence-corrected chi connectivity index (χ1v) is 12.0. The Morgan fingerprint density at radius 2 is 1.76 bits per heavy atom. The summed E-state index contributed by atoms with van der Waals surface area (Å²) < 4.78 is 4.99. The lowest BCUT2D eigenvalue weighted by Crippen LogP contribution is -2.49. The van der Waals surface area contributed by atoms with Gasteiger partial charge in [0.15, 0.2) is 5.82 Å². The molecule has 8 nitrogen and oxygen atoms in total. The van der Waals surface area contributed by atoms with Gasteiger partial charge < -0.3 is 19.6 Å². The molecule has 1 aliphatic rings. The van der Waals surface area contributed by atoms with E-state index in [1.54, 1.807) is 13.0 Å². The molecule has 0 atom stereocenters. The van der Waals surface area contributed by atoms with Crippen LogP contribution in [0, 0.1) is 6.92 Å². The number of amides is 2. The van der Waals surface area contributed by atoms with Crippen LogP contribution < -0.4 is 10.2 Å². The van der Waals surface area contributed by atoms with Crippen molar-refractivity contribution < 1.29 is 14.1 Å². The average molecular weight is 466 g/mol. The molecule has 1 fully saturated rings. The summed E-state index contributed by atoms with van der Waals surface area (Å²) in [5.41, 5.74) is 1.76. The number of nitrogens with zero attached hydrogens (tertiary/aromatic N) is 4. The van der Waals surface area contributed by atoms with E-state index < -0.39 is 0 Å². The van der Waals surface area contributed by atoms with Crippen LogP contribution in [0.2, 0.25) is 0 Å². The highest BCUT2D eigenvalue weighted by Crippen LogP contribution is 2.25. The van der Waals surface area contributed by atoms with Crippen molar-refractivity contribution in [1.82, 2.24) is 20.4 Å². The summed E-state index contributed by atoms with van der Waals surface area (Å²) in [5, 5.41) is 6.77. The van der Waals surface area contributed by atoms with Gasteiger partial charge in [-0.1, -0.05) is 35.5 Å². The third-order valence-electron chi connectivity index (χ3n) is 5.44. The molecule has 3 aromatic rings. The minimum Gasteiger partial charge on any atom is -0.368 e. The smallest absolute Gasteiger partial charge is 0.252 e. The Hall–Kier alpha value is -3.33. The minimum absolute atomic E-state index is 0.0677. The molecule has 9 heteroatoms. The number of hydrogen-bond acceptors (Lipinski definition) is 7. The first-order chi connectivity index (χ1) is 16.1. The first-order valence-electron chi connectivity index (χ1n) is 11.0. The number of para-hydroxylation sites is 1. The quantitative estimate of drug-likeness (QED) is 0.511. The summed E-state index contributed by atoms with van der Waals surface area (Å²) in [6.07, 6.45) is 0.286. The number of rotatable bonds is 8. The van der Waals surface area contributed by atoms with E-state index in [1.807, 2.05) is 41.3 Å². The predicted molar refractivity (Wildman–Crippen MR) is 127 cm³/mol. The number of aryl methyl sites for hydroxylation is 1. The molecule has 4 rings (SSSR count). The van der Waals surface area contributed by atoms with Gasteiger partial charge in [0.1, 0.15) is 0 Å². The molecule has 0 aliphatic carbocycles. The second-order valence-corrected chi connectivity index (χ2v) is 8.74. The summed E-state index contributed by atoms with van der Waals surface area (Å²) in [4.78, 5) is 34.5. The Kier molecular flexibility index (Phi) is 7.62. The van der Waals surface area contributed by atoms with Gasteiger partial charge in [-0.3, -0.25) is 9.59 Å². The number of anilines is 1. The SMILES string of the molecule is Cc1nc(CSc2ccccc2C(=O)NCCC(=O)N2CCN(c3ccccc3)CC2)no1. The molecule has 2 amide bonds. The van der Waals surface area contributed by atoms with Crippen molar-refractivity contribution in [1.29, 1.82) is 0 Å². The molecular formula is C24H27N5O3S. The van der Waals surface area contributed by atoms with E-state index in [4.69, 9.17) is 4.52 Å². The van der Waals surface area contributed by atoms with Crippen molar-refractivity contribution in [3.8, 4) is 0 Å². The Balaban J connectivity index is 1.23. The number of hydrogen-bond donors (Lipinski definition) is 1. The van der Waals surface area contributed by atoms with Crippen LogP contribution in [-0.2, 0) is 10.5 Å². The molecule has 33 heavy (non-hydrogen) atoms. The molecule has 0 saturated carbocycles. The maximum Gasteiger partial charge on any atom is 0.252 e. The topological polar surface area (TPSA) is 91.6 Å². The largest absolute Gasteiger partial charge is 0.368 e. The monoisotopic (exact) mass is 465 g/mol. The van der Waals surface area contributed by atoms with Crippen LogP contribution in [0.4, 0.5) is 5.69 Å². The van der Waals surface area contributed by atoms with Gasteiger partial charge in [-0.2, -0.15) is 4.98 Å². The lowest BCUT2D eigenvalue weighted by molar-refractivity contribution is -0.131. The van der Waals surface area contributed by atoms with Gasteiger partial charge in [-0.25, -0.2) is 0 Å². The van der Waals surface area contributed by atoms with Crippen LogP contribution in [0.1, 0.15) is 28.5 Å². The van der Waals surface area contributed by atoms with Crippen LogP contribution >= 0.6 is 11.8 Å². The van der Waals surface area contributed by atoms with Gasteiger partial charge in [0, 0.05) is 56.7 Å². The van der Waals surface area contributed by atoms with Gasteiger partial charge in [0.2, 0.25) is 11.8 Å². The molecule has 1 N–H and O–H groups in total. The van der Waals surface area contributed by atoms with Crippen molar-refractivity contribution in [3.05, 3.63) is 71.9 Å². The second-order valence-electron chi connectivity index (χ2n) is 7.72. The van der Waals surface area contributed by atoms with Gasteiger partial charge in [0.25, 0.3) is 5.91 Å². The molecule has 172 valence electrons. The predicted octanol–water partition coefficient (Wildman–Crippen LogP) is 3.14. The fourth-order valence-electron chi connectivity index (χ4n) is 3.71. The Morgan fingerprint density at radius 3 is 2.48 bits per heavy atom. The standard InChI is InChI=1S/C24H27N5O3S/c1-18-26-22(27-32-18)17-33-21-10-6-5-9-20(21)24(31)25-12-11-23(30)29-15-13-28(14-16-29)19-7-3-2-4-8-19/h2-10H,11-17H2,1H3,(H,25,31). The zero-order chi connectivity index (χ0) is 23.0. The van der Waals surface area contributed by atoms with Crippen molar-refractivity contribution in [2.45, 2.75) is 24.0 Å². The second kappa shape index (κ2) is 11.0. The van der Waals surface area contributed by atoms with Gasteiger partial charge >= 0.3 is 0 Å². The highest BCUT2D eigenvalue weighted by atomic mass is 32.2. The number of aromatic nitrogens is 2. The summed E-state index contributed by atoms with van der Waals surface area (Å²) in [7, 11) is 0. The zero-order valence-electron chi connectivity index (χ0n) is 18.6. The third-order valence-corrected chi connectivity index (χ3v) is 6.51. The van der Waals surface area contributed by atoms with E-state index in [9.17, 15) is 9.59 Å². The van der Waals surface area contributed by atoms with Crippen molar-refractivity contribution in [2.24, 2.45) is 0 Å². The minimum atomic E-state index is -0.191. The van der Waals surface area contributed by atoms with Crippen molar-refractivity contribution in [2.75, 3.05) is 37.6 Å². The summed E-state index contributed by atoms with van der Waals surface area (Å²) in [6.45, 7) is 5.05.